The maximum absolute atomic E-state index is 11.1. The lowest BCUT2D eigenvalue weighted by Gasteiger charge is -2.62. The number of hydrogen-bond acceptors (Lipinski definition) is 7. The van der Waals surface area contributed by atoms with Crippen molar-refractivity contribution < 1.29 is 19.8 Å². The van der Waals surface area contributed by atoms with Gasteiger partial charge in [-0.2, -0.15) is 0 Å². The first kappa shape index (κ1) is 22.6. The first-order valence-corrected chi connectivity index (χ1v) is 10.4. The van der Waals surface area contributed by atoms with Crippen molar-refractivity contribution in [1.29, 1.82) is 0 Å². The minimum atomic E-state index is -0.946. The Hall–Kier alpha value is -1.64. The van der Waals surface area contributed by atoms with Crippen LogP contribution in [0.4, 0.5) is 0 Å². The van der Waals surface area contributed by atoms with Gasteiger partial charge in [0.25, 0.3) is 10.2 Å². The van der Waals surface area contributed by atoms with Crippen LogP contribution in [0.3, 0.4) is 0 Å². The van der Waals surface area contributed by atoms with E-state index < -0.39 is 22.9 Å². The number of nitrogens with two attached hydrogens (primary N) is 1. The molecule has 0 saturated heterocycles. The molecule has 2 bridgehead atoms. The Morgan fingerprint density at radius 1 is 1.11 bits per heavy atom. The summed E-state index contributed by atoms with van der Waals surface area (Å²) >= 11 is 0. The third-order valence-electron chi connectivity index (χ3n) is 7.43. The van der Waals surface area contributed by atoms with Crippen LogP contribution in [0, 0.1) is 42.4 Å². The molecule has 2 fully saturated rings. The van der Waals surface area contributed by atoms with Gasteiger partial charge >= 0.3 is 0 Å². The van der Waals surface area contributed by atoms with Gasteiger partial charge in [0.05, 0.1) is 0 Å². The molecule has 0 heterocycles. The molecule has 5 unspecified atom stereocenters. The van der Waals surface area contributed by atoms with Crippen LogP contribution in [0.1, 0.15) is 78.6 Å². The lowest BCUT2D eigenvalue weighted by atomic mass is 9.44. The van der Waals surface area contributed by atoms with Gasteiger partial charge in [-0.15, -0.1) is 20.2 Å². The highest BCUT2D eigenvalue weighted by atomic mass is 17.0. The summed E-state index contributed by atoms with van der Waals surface area (Å²) < 4.78 is 0. The molecule has 0 aliphatic heterocycles. The fourth-order valence-corrected chi connectivity index (χ4v) is 6.81. The fraction of sp³-hybridized carbons (Fsp3) is 1.00. The highest BCUT2D eigenvalue weighted by molar-refractivity contribution is 5.07. The Morgan fingerprint density at radius 3 is 2.36 bits per heavy atom. The first-order chi connectivity index (χ1) is 13.1. The van der Waals surface area contributed by atoms with E-state index in [-0.39, 0.29) is 22.2 Å². The molecule has 9 heteroatoms. The Labute approximate surface area is 166 Å². The second-order valence-electron chi connectivity index (χ2n) is 9.35. The average Bonchev–Trinajstić information content (AvgIpc) is 2.59. The summed E-state index contributed by atoms with van der Waals surface area (Å²) in [4.78, 5) is 31.3. The van der Waals surface area contributed by atoms with E-state index in [1.54, 1.807) is 0 Å². The lowest BCUT2D eigenvalue weighted by Crippen LogP contribution is -2.54. The second kappa shape index (κ2) is 8.80. The van der Waals surface area contributed by atoms with Gasteiger partial charge in [-0.3, -0.25) is 0 Å². The zero-order valence-electron chi connectivity index (χ0n) is 17.4. The van der Waals surface area contributed by atoms with Crippen molar-refractivity contribution >= 4 is 0 Å². The predicted octanol–water partition coefficient (Wildman–Crippen LogP) is 3.90. The van der Waals surface area contributed by atoms with Gasteiger partial charge in [0.15, 0.2) is 0 Å². The van der Waals surface area contributed by atoms with Gasteiger partial charge in [-0.25, -0.2) is 0 Å². The van der Waals surface area contributed by atoms with E-state index in [9.17, 15) is 20.2 Å². The van der Waals surface area contributed by atoms with Crippen LogP contribution >= 0.6 is 0 Å². The largest absolute Gasteiger partial charge is 0.330 e. The summed E-state index contributed by atoms with van der Waals surface area (Å²) in [6.45, 7) is 6.70. The van der Waals surface area contributed by atoms with E-state index in [0.717, 1.165) is 51.4 Å². The summed E-state index contributed by atoms with van der Waals surface area (Å²) in [7, 11) is 0. The van der Waals surface area contributed by atoms with E-state index in [4.69, 9.17) is 10.6 Å². The van der Waals surface area contributed by atoms with Crippen molar-refractivity contribution in [2.75, 3.05) is 13.2 Å². The zero-order valence-corrected chi connectivity index (χ0v) is 17.4. The minimum absolute atomic E-state index is 0.0694. The molecule has 9 nitrogen and oxygen atoms in total. The van der Waals surface area contributed by atoms with Crippen molar-refractivity contribution in [2.45, 2.75) is 84.7 Å². The maximum atomic E-state index is 11.1. The molecule has 0 aromatic heterocycles. The van der Waals surface area contributed by atoms with Crippen LogP contribution in [0.2, 0.25) is 0 Å². The van der Waals surface area contributed by atoms with Crippen LogP contribution in [0.5, 0.6) is 0 Å². The molecule has 2 saturated carbocycles. The second-order valence-corrected chi connectivity index (χ2v) is 9.35. The molecule has 5 atom stereocenters. The predicted molar refractivity (Wildman–Crippen MR) is 103 cm³/mol. The molecule has 2 N–H and O–H groups in total. The monoisotopic (exact) mass is 401 g/mol. The molecule has 2 rings (SSSR count). The third kappa shape index (κ3) is 4.85. The number of nitrogens with zero attached hydrogens (tertiary/aromatic N) is 2. The van der Waals surface area contributed by atoms with Crippen molar-refractivity contribution in [3.63, 3.8) is 0 Å². The Bertz CT molecular complexity index is 576. The normalized spacial score (nSPS) is 34.3. The van der Waals surface area contributed by atoms with E-state index in [1.807, 2.05) is 6.92 Å². The van der Waals surface area contributed by atoms with Crippen molar-refractivity contribution in [3.05, 3.63) is 20.2 Å². The third-order valence-corrected chi connectivity index (χ3v) is 7.43. The highest BCUT2D eigenvalue weighted by Gasteiger charge is 2.57. The van der Waals surface area contributed by atoms with Gasteiger partial charge in [-0.05, 0) is 67.2 Å². The quantitative estimate of drug-likeness (QED) is 0.410. The minimum Gasteiger partial charge on any atom is -0.330 e. The van der Waals surface area contributed by atoms with Crippen LogP contribution in [-0.2, 0) is 9.68 Å². The van der Waals surface area contributed by atoms with Crippen LogP contribution in [-0.4, -0.2) is 29.4 Å². The Morgan fingerprint density at radius 2 is 1.82 bits per heavy atom. The molecular formula is C19H35N3O6. The van der Waals surface area contributed by atoms with E-state index in [1.165, 1.54) is 0 Å². The SMILES string of the molecule is CCC(C(CO[N+](=O)[O-])O[N+](=O)[O-])C12CCCC(CC)(CC(C)(CCN)C1)C2. The van der Waals surface area contributed by atoms with Gasteiger partial charge < -0.3 is 15.4 Å². The molecule has 0 aromatic rings. The smallest absolute Gasteiger partial charge is 0.294 e. The van der Waals surface area contributed by atoms with Crippen molar-refractivity contribution in [3.8, 4) is 0 Å². The molecule has 2 aliphatic rings. The molecule has 0 amide bonds. The summed E-state index contributed by atoms with van der Waals surface area (Å²) in [5.74, 6) is -0.179. The summed E-state index contributed by atoms with van der Waals surface area (Å²) in [6.07, 6.45) is 7.92. The number of rotatable bonds is 11. The maximum Gasteiger partial charge on any atom is 0.294 e. The van der Waals surface area contributed by atoms with E-state index in [2.05, 4.69) is 18.7 Å². The first-order valence-electron chi connectivity index (χ1n) is 10.4. The summed E-state index contributed by atoms with van der Waals surface area (Å²) in [6, 6.07) is 0. The molecular weight excluding hydrogens is 366 g/mol. The van der Waals surface area contributed by atoms with Gasteiger partial charge in [0, 0.05) is 0 Å². The van der Waals surface area contributed by atoms with Gasteiger partial charge in [0.2, 0.25) is 0 Å². The fourth-order valence-electron chi connectivity index (χ4n) is 6.81. The molecule has 0 spiro atoms. The number of fused-ring (bicyclic) bond motifs is 2. The van der Waals surface area contributed by atoms with Crippen LogP contribution in [0.25, 0.3) is 0 Å². The molecule has 2 aliphatic carbocycles. The average molecular weight is 402 g/mol. The summed E-state index contributed by atoms with van der Waals surface area (Å²) in [5, 5.41) is 20.1. The van der Waals surface area contributed by atoms with Crippen LogP contribution < -0.4 is 5.73 Å². The molecule has 0 aromatic carbocycles. The van der Waals surface area contributed by atoms with Crippen LogP contribution in [0.15, 0.2) is 0 Å². The topological polar surface area (TPSA) is 131 Å². The number of hydrogen-bond donors (Lipinski definition) is 1. The van der Waals surface area contributed by atoms with E-state index in [0.29, 0.717) is 13.0 Å². The summed E-state index contributed by atoms with van der Waals surface area (Å²) in [5.41, 5.74) is 6.06. The van der Waals surface area contributed by atoms with E-state index >= 15 is 0 Å². The molecule has 0 radical (unpaired) electrons. The van der Waals surface area contributed by atoms with Gasteiger partial charge in [0.1, 0.15) is 12.7 Å². The highest BCUT2D eigenvalue weighted by Crippen LogP contribution is 2.66. The van der Waals surface area contributed by atoms with Crippen molar-refractivity contribution in [1.82, 2.24) is 0 Å². The standard InChI is InChI=1S/C19H35N3O6/c1-4-15(16(28-22(25)26)11-27-21(23)24)19-8-6-7-18(5-2,14-19)12-17(3,13-19)9-10-20/h15-16H,4-14,20H2,1-3H3. The molecule has 162 valence electrons. The lowest BCUT2D eigenvalue weighted by molar-refractivity contribution is -0.792. The van der Waals surface area contributed by atoms with Crippen molar-refractivity contribution in [2.24, 2.45) is 27.9 Å². The molecule has 28 heavy (non-hydrogen) atoms. The Balaban J connectivity index is 2.40. The Kier molecular flexibility index (Phi) is 7.12. The van der Waals surface area contributed by atoms with Gasteiger partial charge in [-0.1, -0.05) is 40.0 Å². The zero-order chi connectivity index (χ0) is 21.0.